The van der Waals surface area contributed by atoms with E-state index in [-0.39, 0.29) is 0 Å². The van der Waals surface area contributed by atoms with Crippen LogP contribution in [0.3, 0.4) is 0 Å². The molecule has 2 heterocycles. The van der Waals surface area contributed by atoms with Crippen LogP contribution in [0.1, 0.15) is 25.1 Å². The number of aromatic amines is 1. The molecule has 0 atom stereocenters. The van der Waals surface area contributed by atoms with Gasteiger partial charge in [0.25, 0.3) is 0 Å². The van der Waals surface area contributed by atoms with Gasteiger partial charge in [0.05, 0.1) is 0 Å². The molecular weight excluding hydrogens is 226 g/mol. The highest BCUT2D eigenvalue weighted by Crippen LogP contribution is 2.04. The molecule has 6 nitrogen and oxygen atoms in total. The van der Waals surface area contributed by atoms with E-state index < -0.39 is 0 Å². The highest BCUT2D eigenvalue weighted by molar-refractivity contribution is 7.71. The average Bonchev–Trinajstić information content (AvgIpc) is 2.88. The number of rotatable bonds is 5. The maximum atomic E-state index is 5.16. The molecule has 0 spiro atoms. The molecule has 2 aromatic heterocycles. The van der Waals surface area contributed by atoms with Gasteiger partial charge in [-0.15, -0.1) is 0 Å². The summed E-state index contributed by atoms with van der Waals surface area (Å²) in [6.07, 6.45) is 4.03. The molecule has 0 bridgehead atoms. The van der Waals surface area contributed by atoms with E-state index in [1.807, 2.05) is 4.57 Å². The molecule has 2 aromatic rings. The summed E-state index contributed by atoms with van der Waals surface area (Å²) in [4.78, 5) is 3.97. The third kappa shape index (κ3) is 2.35. The second kappa shape index (κ2) is 5.02. The standard InChI is InChI=1S/C9H13N5OS/c1-2-3-7-12-13-9(16)14(7)5-4-8-10-6-11-15-8/h6H,2-5H2,1H3,(H,13,16). The molecule has 0 aliphatic rings. The molecule has 1 N–H and O–H groups in total. The maximum absolute atomic E-state index is 5.16. The van der Waals surface area contributed by atoms with Gasteiger partial charge in [-0.05, 0) is 18.6 Å². The zero-order chi connectivity index (χ0) is 11.4. The molecule has 0 saturated heterocycles. The second-order valence-electron chi connectivity index (χ2n) is 3.43. The van der Waals surface area contributed by atoms with Crippen LogP contribution in [0.2, 0.25) is 0 Å². The lowest BCUT2D eigenvalue weighted by Crippen LogP contribution is -2.06. The lowest BCUT2D eigenvalue weighted by atomic mass is 10.3. The molecule has 16 heavy (non-hydrogen) atoms. The van der Waals surface area contributed by atoms with E-state index in [9.17, 15) is 0 Å². The van der Waals surface area contributed by atoms with E-state index in [1.54, 1.807) is 0 Å². The number of nitrogens with zero attached hydrogens (tertiary/aromatic N) is 4. The Morgan fingerprint density at radius 2 is 2.38 bits per heavy atom. The normalized spacial score (nSPS) is 10.8. The minimum Gasteiger partial charge on any atom is -0.340 e. The maximum Gasteiger partial charge on any atom is 0.228 e. The highest BCUT2D eigenvalue weighted by atomic mass is 32.1. The van der Waals surface area contributed by atoms with Crippen LogP contribution >= 0.6 is 12.2 Å². The van der Waals surface area contributed by atoms with Gasteiger partial charge in [0.1, 0.15) is 5.82 Å². The van der Waals surface area contributed by atoms with E-state index in [2.05, 4.69) is 27.3 Å². The Morgan fingerprint density at radius 3 is 3.06 bits per heavy atom. The van der Waals surface area contributed by atoms with Gasteiger partial charge in [-0.25, -0.2) is 0 Å². The number of hydrogen-bond donors (Lipinski definition) is 1. The van der Waals surface area contributed by atoms with Crippen molar-refractivity contribution in [1.82, 2.24) is 24.9 Å². The van der Waals surface area contributed by atoms with Gasteiger partial charge in [-0.3, -0.25) is 5.10 Å². The largest absolute Gasteiger partial charge is 0.340 e. The first-order valence-corrected chi connectivity index (χ1v) is 5.61. The molecule has 7 heteroatoms. The molecule has 0 radical (unpaired) electrons. The first-order chi connectivity index (χ1) is 7.81. The molecule has 0 aliphatic carbocycles. The van der Waals surface area contributed by atoms with Crippen molar-refractivity contribution in [3.63, 3.8) is 0 Å². The van der Waals surface area contributed by atoms with Gasteiger partial charge >= 0.3 is 0 Å². The Labute approximate surface area is 97.7 Å². The third-order valence-electron chi connectivity index (χ3n) is 2.27. The number of nitrogens with one attached hydrogen (secondary N) is 1. The lowest BCUT2D eigenvalue weighted by Gasteiger charge is -2.03. The van der Waals surface area contributed by atoms with Crippen LogP contribution in [0.4, 0.5) is 0 Å². The fourth-order valence-corrected chi connectivity index (χ4v) is 1.75. The summed E-state index contributed by atoms with van der Waals surface area (Å²) < 4.78 is 7.55. The molecule has 0 fully saturated rings. The fourth-order valence-electron chi connectivity index (χ4n) is 1.51. The van der Waals surface area contributed by atoms with E-state index in [0.717, 1.165) is 18.7 Å². The van der Waals surface area contributed by atoms with E-state index in [4.69, 9.17) is 16.7 Å². The minimum atomic E-state index is 0.616. The topological polar surface area (TPSA) is 72.5 Å². The second-order valence-corrected chi connectivity index (χ2v) is 3.82. The Balaban J connectivity index is 2.08. The quantitative estimate of drug-likeness (QED) is 0.801. The summed E-state index contributed by atoms with van der Waals surface area (Å²) in [6.45, 7) is 2.83. The van der Waals surface area contributed by atoms with Crippen molar-refractivity contribution in [3.05, 3.63) is 22.8 Å². The first-order valence-electron chi connectivity index (χ1n) is 5.21. The summed E-state index contributed by atoms with van der Waals surface area (Å²) in [5, 5.41) is 10.5. The Kier molecular flexibility index (Phi) is 3.45. The van der Waals surface area contributed by atoms with Crippen molar-refractivity contribution in [3.8, 4) is 0 Å². The number of aryl methyl sites for hydroxylation is 2. The molecule has 0 aliphatic heterocycles. The van der Waals surface area contributed by atoms with Crippen molar-refractivity contribution in [2.24, 2.45) is 0 Å². The van der Waals surface area contributed by atoms with Crippen molar-refractivity contribution in [2.45, 2.75) is 32.7 Å². The summed E-state index contributed by atoms with van der Waals surface area (Å²) in [5.41, 5.74) is 0. The SMILES string of the molecule is CCCc1n[nH]c(=S)n1CCc1ncno1. The van der Waals surface area contributed by atoms with Crippen LogP contribution in [-0.4, -0.2) is 24.9 Å². The Hall–Kier alpha value is -1.50. The van der Waals surface area contributed by atoms with Crippen LogP contribution in [-0.2, 0) is 19.4 Å². The summed E-state index contributed by atoms with van der Waals surface area (Å²) in [5.74, 6) is 1.59. The van der Waals surface area contributed by atoms with Crippen LogP contribution in [0.5, 0.6) is 0 Å². The summed E-state index contributed by atoms with van der Waals surface area (Å²) >= 11 is 5.16. The van der Waals surface area contributed by atoms with Crippen LogP contribution in [0.25, 0.3) is 0 Å². The number of hydrogen-bond acceptors (Lipinski definition) is 5. The van der Waals surface area contributed by atoms with Gasteiger partial charge in [0, 0.05) is 19.4 Å². The van der Waals surface area contributed by atoms with Gasteiger partial charge in [0.2, 0.25) is 5.89 Å². The minimum absolute atomic E-state index is 0.616. The molecular formula is C9H13N5OS. The monoisotopic (exact) mass is 239 g/mol. The van der Waals surface area contributed by atoms with Crippen LogP contribution in [0, 0.1) is 4.77 Å². The molecule has 0 amide bonds. The van der Waals surface area contributed by atoms with Crippen molar-refractivity contribution >= 4 is 12.2 Å². The van der Waals surface area contributed by atoms with Gasteiger partial charge in [0.15, 0.2) is 11.1 Å². The molecule has 86 valence electrons. The van der Waals surface area contributed by atoms with Crippen LogP contribution < -0.4 is 0 Å². The van der Waals surface area contributed by atoms with Crippen molar-refractivity contribution in [2.75, 3.05) is 0 Å². The highest BCUT2D eigenvalue weighted by Gasteiger charge is 2.06. The first kappa shape index (κ1) is 11.0. The summed E-state index contributed by atoms with van der Waals surface area (Å²) in [7, 11) is 0. The van der Waals surface area contributed by atoms with Crippen molar-refractivity contribution in [1.29, 1.82) is 0 Å². The Morgan fingerprint density at radius 1 is 1.50 bits per heavy atom. The molecule has 0 aromatic carbocycles. The number of aromatic nitrogens is 5. The van der Waals surface area contributed by atoms with Gasteiger partial charge in [-0.2, -0.15) is 10.1 Å². The fraction of sp³-hybridized carbons (Fsp3) is 0.556. The van der Waals surface area contributed by atoms with E-state index in [1.165, 1.54) is 6.33 Å². The number of H-pyrrole nitrogens is 1. The molecule has 0 saturated carbocycles. The smallest absolute Gasteiger partial charge is 0.228 e. The molecule has 0 unspecified atom stereocenters. The third-order valence-corrected chi connectivity index (χ3v) is 2.58. The van der Waals surface area contributed by atoms with Crippen LogP contribution in [0.15, 0.2) is 10.9 Å². The van der Waals surface area contributed by atoms with E-state index >= 15 is 0 Å². The zero-order valence-electron chi connectivity index (χ0n) is 9.01. The van der Waals surface area contributed by atoms with Gasteiger partial charge in [-0.1, -0.05) is 12.1 Å². The molecule has 2 rings (SSSR count). The zero-order valence-corrected chi connectivity index (χ0v) is 9.83. The average molecular weight is 239 g/mol. The van der Waals surface area contributed by atoms with Gasteiger partial charge < -0.3 is 9.09 Å². The lowest BCUT2D eigenvalue weighted by molar-refractivity contribution is 0.369. The van der Waals surface area contributed by atoms with E-state index in [0.29, 0.717) is 23.6 Å². The predicted octanol–water partition coefficient (Wildman–Crippen LogP) is 1.52. The summed E-state index contributed by atoms with van der Waals surface area (Å²) in [6, 6.07) is 0. The predicted molar refractivity (Wildman–Crippen MR) is 59.4 cm³/mol. The van der Waals surface area contributed by atoms with Crippen molar-refractivity contribution < 1.29 is 4.52 Å². The Bertz CT molecular complexity index is 486.